The monoisotopic (exact) mass is 249 g/mol. The van der Waals surface area contributed by atoms with Crippen LogP contribution >= 0.6 is 11.3 Å². The minimum atomic E-state index is -0.235. The zero-order chi connectivity index (χ0) is 13.0. The third-order valence-electron chi connectivity index (χ3n) is 2.45. The molecule has 3 heteroatoms. The van der Waals surface area contributed by atoms with Crippen LogP contribution in [-0.2, 0) is 0 Å². The first-order chi connectivity index (χ1) is 8.15. The molecule has 1 aromatic carbocycles. The number of hydrogen-bond acceptors (Lipinski definition) is 2. The zero-order valence-corrected chi connectivity index (χ0v) is 11.4. The summed E-state index contributed by atoms with van der Waals surface area (Å²) in [7, 11) is 0. The first kappa shape index (κ1) is 13.7. The number of fused-ring (bicyclic) bond motifs is 1. The summed E-state index contributed by atoms with van der Waals surface area (Å²) >= 11 is 1.30. The average Bonchev–Trinajstić information content (AvgIpc) is 2.76. The maximum absolute atomic E-state index is 13.5. The highest BCUT2D eigenvalue weighted by atomic mass is 32.1. The van der Waals surface area contributed by atoms with Crippen molar-refractivity contribution in [3.05, 3.63) is 34.5 Å². The van der Waals surface area contributed by atoms with E-state index < -0.39 is 0 Å². The standard InChI is InChI=1S/C12H10FNS.C2H6/c1-7(2)9-3-4-10(13)12-11(9)8(5-14)6-15-12;1-2/h3-4,6-7H,1-2H3;1-2H3. The third kappa shape index (κ3) is 2.48. The Morgan fingerprint density at radius 1 is 1.29 bits per heavy atom. The van der Waals surface area contributed by atoms with Crippen molar-refractivity contribution in [1.29, 1.82) is 5.26 Å². The molecule has 0 N–H and O–H groups in total. The van der Waals surface area contributed by atoms with Crippen molar-refractivity contribution in [2.75, 3.05) is 0 Å². The van der Waals surface area contributed by atoms with Gasteiger partial charge in [-0.05, 0) is 17.5 Å². The largest absolute Gasteiger partial charge is 0.205 e. The molecule has 0 aliphatic heterocycles. The first-order valence-corrected chi connectivity index (χ1v) is 6.62. The van der Waals surface area contributed by atoms with Crippen molar-refractivity contribution in [2.45, 2.75) is 33.6 Å². The van der Waals surface area contributed by atoms with Crippen LogP contribution in [0.15, 0.2) is 17.5 Å². The van der Waals surface area contributed by atoms with E-state index in [-0.39, 0.29) is 5.82 Å². The molecule has 90 valence electrons. The van der Waals surface area contributed by atoms with E-state index in [0.717, 1.165) is 10.9 Å². The quantitative estimate of drug-likeness (QED) is 0.692. The minimum Gasteiger partial charge on any atom is -0.205 e. The van der Waals surface area contributed by atoms with Crippen LogP contribution in [-0.4, -0.2) is 0 Å². The summed E-state index contributed by atoms with van der Waals surface area (Å²) in [5.74, 6) is 0.0655. The van der Waals surface area contributed by atoms with E-state index in [4.69, 9.17) is 5.26 Å². The summed E-state index contributed by atoms with van der Waals surface area (Å²) in [6, 6.07) is 5.37. The predicted octanol–water partition coefficient (Wildman–Crippen LogP) is 5.06. The van der Waals surface area contributed by atoms with Crippen LogP contribution < -0.4 is 0 Å². The van der Waals surface area contributed by atoms with Gasteiger partial charge < -0.3 is 0 Å². The Morgan fingerprint density at radius 3 is 2.47 bits per heavy atom. The van der Waals surface area contributed by atoms with Crippen LogP contribution in [0.4, 0.5) is 4.39 Å². The molecule has 0 fully saturated rings. The van der Waals surface area contributed by atoms with Crippen molar-refractivity contribution >= 4 is 21.4 Å². The number of benzene rings is 1. The van der Waals surface area contributed by atoms with Gasteiger partial charge in [-0.25, -0.2) is 4.39 Å². The molecule has 0 spiro atoms. The SMILES string of the molecule is CC.CC(C)c1ccc(F)c2scc(C#N)c12. The summed E-state index contributed by atoms with van der Waals surface area (Å²) in [5.41, 5.74) is 1.63. The Bertz CT molecular complexity index is 549. The summed E-state index contributed by atoms with van der Waals surface area (Å²) in [6.45, 7) is 8.09. The molecule has 0 bridgehead atoms. The zero-order valence-electron chi connectivity index (χ0n) is 10.5. The molecule has 0 unspecified atom stereocenters. The van der Waals surface area contributed by atoms with Crippen molar-refractivity contribution in [1.82, 2.24) is 0 Å². The highest BCUT2D eigenvalue weighted by molar-refractivity contribution is 7.17. The van der Waals surface area contributed by atoms with Gasteiger partial charge in [0.25, 0.3) is 0 Å². The van der Waals surface area contributed by atoms with E-state index in [1.165, 1.54) is 17.4 Å². The second-order valence-electron chi connectivity index (χ2n) is 3.76. The summed E-state index contributed by atoms with van der Waals surface area (Å²) < 4.78 is 14.1. The molecule has 0 radical (unpaired) electrons. The van der Waals surface area contributed by atoms with E-state index in [0.29, 0.717) is 16.2 Å². The van der Waals surface area contributed by atoms with Crippen molar-refractivity contribution < 1.29 is 4.39 Å². The molecule has 17 heavy (non-hydrogen) atoms. The molecule has 0 saturated carbocycles. The van der Waals surface area contributed by atoms with Gasteiger partial charge in [0, 0.05) is 10.8 Å². The van der Waals surface area contributed by atoms with E-state index in [1.54, 1.807) is 11.4 Å². The molecule has 1 heterocycles. The number of nitriles is 1. The third-order valence-corrected chi connectivity index (χ3v) is 3.44. The maximum Gasteiger partial charge on any atom is 0.141 e. The molecule has 2 rings (SSSR count). The lowest BCUT2D eigenvalue weighted by Crippen LogP contribution is -1.90. The fourth-order valence-electron chi connectivity index (χ4n) is 1.71. The second kappa shape index (κ2) is 5.79. The van der Waals surface area contributed by atoms with Crippen LogP contribution in [0.1, 0.15) is 44.7 Å². The summed E-state index contributed by atoms with van der Waals surface area (Å²) in [6.07, 6.45) is 0. The molecular formula is C14H16FNS. The number of rotatable bonds is 1. The van der Waals surface area contributed by atoms with Crippen molar-refractivity contribution in [3.8, 4) is 6.07 Å². The fourth-order valence-corrected chi connectivity index (χ4v) is 2.64. The van der Waals surface area contributed by atoms with Gasteiger partial charge in [0.1, 0.15) is 11.9 Å². The van der Waals surface area contributed by atoms with Gasteiger partial charge in [0.2, 0.25) is 0 Å². The van der Waals surface area contributed by atoms with Gasteiger partial charge >= 0.3 is 0 Å². The number of halogens is 1. The summed E-state index contributed by atoms with van der Waals surface area (Å²) in [5, 5.41) is 11.5. The normalized spacial score (nSPS) is 9.94. The topological polar surface area (TPSA) is 23.8 Å². The average molecular weight is 249 g/mol. The summed E-state index contributed by atoms with van der Waals surface area (Å²) in [4.78, 5) is 0. The van der Waals surface area contributed by atoms with Crippen LogP contribution in [0.5, 0.6) is 0 Å². The van der Waals surface area contributed by atoms with Gasteiger partial charge in [-0.3, -0.25) is 0 Å². The molecule has 1 nitrogen and oxygen atoms in total. The van der Waals surface area contributed by atoms with Gasteiger partial charge in [-0.15, -0.1) is 11.3 Å². The Labute approximate surface area is 106 Å². The molecule has 1 aromatic heterocycles. The Morgan fingerprint density at radius 2 is 1.94 bits per heavy atom. The minimum absolute atomic E-state index is 0.235. The Kier molecular flexibility index (Phi) is 4.65. The highest BCUT2D eigenvalue weighted by Crippen LogP contribution is 2.34. The molecule has 0 aliphatic rings. The highest BCUT2D eigenvalue weighted by Gasteiger charge is 2.14. The van der Waals surface area contributed by atoms with Crippen LogP contribution in [0, 0.1) is 17.1 Å². The fraction of sp³-hybridized carbons (Fsp3) is 0.357. The lowest BCUT2D eigenvalue weighted by Gasteiger charge is -2.07. The van der Waals surface area contributed by atoms with E-state index in [9.17, 15) is 4.39 Å². The van der Waals surface area contributed by atoms with Crippen molar-refractivity contribution in [3.63, 3.8) is 0 Å². The Balaban J connectivity index is 0.000000686. The lowest BCUT2D eigenvalue weighted by atomic mass is 9.97. The van der Waals surface area contributed by atoms with Gasteiger partial charge in [0.15, 0.2) is 0 Å². The van der Waals surface area contributed by atoms with E-state index in [2.05, 4.69) is 6.07 Å². The Hall–Kier alpha value is -1.40. The first-order valence-electron chi connectivity index (χ1n) is 5.75. The molecule has 2 aromatic rings. The maximum atomic E-state index is 13.5. The number of hydrogen-bond donors (Lipinski definition) is 0. The van der Waals surface area contributed by atoms with Gasteiger partial charge in [0.05, 0.1) is 10.3 Å². The number of nitrogens with zero attached hydrogens (tertiary/aromatic N) is 1. The van der Waals surface area contributed by atoms with E-state index in [1.807, 2.05) is 27.7 Å². The smallest absolute Gasteiger partial charge is 0.141 e. The van der Waals surface area contributed by atoms with Crippen LogP contribution in [0.25, 0.3) is 10.1 Å². The predicted molar refractivity (Wildman–Crippen MR) is 71.9 cm³/mol. The number of thiophene rings is 1. The second-order valence-corrected chi connectivity index (χ2v) is 4.64. The van der Waals surface area contributed by atoms with Gasteiger partial charge in [-0.2, -0.15) is 5.26 Å². The van der Waals surface area contributed by atoms with Gasteiger partial charge in [-0.1, -0.05) is 33.8 Å². The molecule has 0 aliphatic carbocycles. The molecule has 0 saturated heterocycles. The molecular weight excluding hydrogens is 233 g/mol. The molecule has 0 atom stereocenters. The molecule has 0 amide bonds. The van der Waals surface area contributed by atoms with Crippen LogP contribution in [0.2, 0.25) is 0 Å². The van der Waals surface area contributed by atoms with Crippen molar-refractivity contribution in [2.24, 2.45) is 0 Å². The van der Waals surface area contributed by atoms with Crippen LogP contribution in [0.3, 0.4) is 0 Å². The van der Waals surface area contributed by atoms with E-state index >= 15 is 0 Å². The lowest BCUT2D eigenvalue weighted by molar-refractivity contribution is 0.641.